The van der Waals surface area contributed by atoms with Gasteiger partial charge in [-0.3, -0.25) is 0 Å². The van der Waals surface area contributed by atoms with Crippen molar-refractivity contribution in [3.05, 3.63) is 23.9 Å². The molecule has 0 radical (unpaired) electrons. The summed E-state index contributed by atoms with van der Waals surface area (Å²) >= 11 is 0. The first-order valence-corrected chi connectivity index (χ1v) is 6.33. The minimum absolute atomic E-state index is 0.114. The number of amidine groups is 1. The number of rotatable bonds is 2. The maximum Gasteiger partial charge on any atom is 0.173 e. The normalized spacial score (nSPS) is 25.2. The van der Waals surface area contributed by atoms with E-state index in [-0.39, 0.29) is 5.84 Å². The van der Waals surface area contributed by atoms with Gasteiger partial charge in [-0.1, -0.05) is 12.1 Å². The standard InChI is InChI=1S/C13H20N4O/c1-9-5-6-10(2)17(8-9)13-11(12(14)16-18)4-3-7-15-13/h3-4,7,9-10,18H,5-6,8H2,1-2H3,(H2,14,16). The Balaban J connectivity index is 2.37. The quantitative estimate of drug-likeness (QED) is 0.362. The van der Waals surface area contributed by atoms with Gasteiger partial charge in [-0.25, -0.2) is 4.98 Å². The van der Waals surface area contributed by atoms with Crippen LogP contribution in [0.5, 0.6) is 0 Å². The van der Waals surface area contributed by atoms with E-state index in [4.69, 9.17) is 10.9 Å². The summed E-state index contributed by atoms with van der Waals surface area (Å²) in [5.74, 6) is 1.57. The van der Waals surface area contributed by atoms with E-state index in [1.54, 1.807) is 12.3 Å². The molecule has 3 N–H and O–H groups in total. The van der Waals surface area contributed by atoms with Crippen molar-refractivity contribution in [3.8, 4) is 0 Å². The molecule has 0 spiro atoms. The van der Waals surface area contributed by atoms with E-state index >= 15 is 0 Å². The molecule has 0 saturated carbocycles. The lowest BCUT2D eigenvalue weighted by Crippen LogP contribution is -2.42. The second-order valence-corrected chi connectivity index (χ2v) is 5.04. The number of nitrogens with two attached hydrogens (primary N) is 1. The van der Waals surface area contributed by atoms with Crippen LogP contribution in [0.2, 0.25) is 0 Å². The third kappa shape index (κ3) is 2.39. The van der Waals surface area contributed by atoms with E-state index in [9.17, 15) is 0 Å². The molecular weight excluding hydrogens is 228 g/mol. The molecular formula is C13H20N4O. The molecule has 98 valence electrons. The molecule has 1 fully saturated rings. The molecule has 0 amide bonds. The number of anilines is 1. The Labute approximate surface area is 107 Å². The van der Waals surface area contributed by atoms with Crippen LogP contribution in [-0.4, -0.2) is 28.6 Å². The summed E-state index contributed by atoms with van der Waals surface area (Å²) in [7, 11) is 0. The first-order valence-electron chi connectivity index (χ1n) is 6.33. The molecule has 2 rings (SSSR count). The second kappa shape index (κ2) is 5.25. The number of oxime groups is 1. The number of piperidine rings is 1. The third-order valence-corrected chi connectivity index (χ3v) is 3.56. The minimum Gasteiger partial charge on any atom is -0.409 e. The summed E-state index contributed by atoms with van der Waals surface area (Å²) in [4.78, 5) is 6.66. The van der Waals surface area contributed by atoms with Crippen LogP contribution < -0.4 is 10.6 Å². The van der Waals surface area contributed by atoms with Crippen LogP contribution in [0.1, 0.15) is 32.3 Å². The maximum atomic E-state index is 8.85. The van der Waals surface area contributed by atoms with Crippen molar-refractivity contribution in [2.24, 2.45) is 16.8 Å². The molecule has 1 aliphatic rings. The van der Waals surface area contributed by atoms with Gasteiger partial charge in [0.25, 0.3) is 0 Å². The van der Waals surface area contributed by atoms with Gasteiger partial charge in [0, 0.05) is 18.8 Å². The number of hydrogen-bond acceptors (Lipinski definition) is 4. The lowest BCUT2D eigenvalue weighted by molar-refractivity contribution is 0.318. The Morgan fingerprint density at radius 3 is 3.00 bits per heavy atom. The third-order valence-electron chi connectivity index (χ3n) is 3.56. The SMILES string of the molecule is CC1CCC(C)N(c2ncccc2C(N)=NO)C1. The van der Waals surface area contributed by atoms with Crippen LogP contribution in [0.4, 0.5) is 5.82 Å². The van der Waals surface area contributed by atoms with Crippen molar-refractivity contribution >= 4 is 11.7 Å². The molecule has 5 nitrogen and oxygen atoms in total. The molecule has 2 unspecified atom stereocenters. The van der Waals surface area contributed by atoms with E-state index < -0.39 is 0 Å². The first-order chi connectivity index (χ1) is 8.63. The second-order valence-electron chi connectivity index (χ2n) is 5.04. The maximum absolute atomic E-state index is 8.85. The molecule has 1 aromatic heterocycles. The van der Waals surface area contributed by atoms with Gasteiger partial charge in [0.05, 0.1) is 5.56 Å². The van der Waals surface area contributed by atoms with Gasteiger partial charge in [0.2, 0.25) is 0 Å². The lowest BCUT2D eigenvalue weighted by Gasteiger charge is -2.38. The Bertz CT molecular complexity index is 446. The molecule has 2 heterocycles. The molecule has 0 aliphatic carbocycles. The van der Waals surface area contributed by atoms with Gasteiger partial charge < -0.3 is 15.8 Å². The van der Waals surface area contributed by atoms with Gasteiger partial charge >= 0.3 is 0 Å². The zero-order chi connectivity index (χ0) is 13.1. The van der Waals surface area contributed by atoms with E-state index in [1.807, 2.05) is 6.07 Å². The first kappa shape index (κ1) is 12.7. The Hall–Kier alpha value is -1.78. The van der Waals surface area contributed by atoms with Crippen LogP contribution in [0.25, 0.3) is 0 Å². The average molecular weight is 248 g/mol. The van der Waals surface area contributed by atoms with Crippen LogP contribution in [0.15, 0.2) is 23.5 Å². The summed E-state index contributed by atoms with van der Waals surface area (Å²) < 4.78 is 0. The molecule has 1 aromatic rings. The molecule has 5 heteroatoms. The van der Waals surface area contributed by atoms with Crippen molar-refractivity contribution in [1.82, 2.24) is 4.98 Å². The van der Waals surface area contributed by atoms with E-state index in [0.717, 1.165) is 18.8 Å². The highest BCUT2D eigenvalue weighted by molar-refractivity contribution is 6.01. The van der Waals surface area contributed by atoms with E-state index in [1.165, 1.54) is 6.42 Å². The number of hydrogen-bond donors (Lipinski definition) is 2. The average Bonchev–Trinajstić information content (AvgIpc) is 2.40. The Morgan fingerprint density at radius 2 is 2.28 bits per heavy atom. The number of nitrogens with zero attached hydrogens (tertiary/aromatic N) is 3. The van der Waals surface area contributed by atoms with Gasteiger partial charge in [0.15, 0.2) is 5.84 Å². The highest BCUT2D eigenvalue weighted by atomic mass is 16.4. The van der Waals surface area contributed by atoms with E-state index in [2.05, 4.69) is 28.9 Å². The van der Waals surface area contributed by atoms with Crippen LogP contribution in [0.3, 0.4) is 0 Å². The molecule has 2 atom stereocenters. The predicted octanol–water partition coefficient (Wildman–Crippen LogP) is 1.80. The summed E-state index contributed by atoms with van der Waals surface area (Å²) in [6.07, 6.45) is 4.13. The largest absolute Gasteiger partial charge is 0.409 e. The monoisotopic (exact) mass is 248 g/mol. The highest BCUT2D eigenvalue weighted by Gasteiger charge is 2.26. The van der Waals surface area contributed by atoms with Crippen LogP contribution in [-0.2, 0) is 0 Å². The van der Waals surface area contributed by atoms with Gasteiger partial charge in [0.1, 0.15) is 5.82 Å². The van der Waals surface area contributed by atoms with Crippen molar-refractivity contribution in [1.29, 1.82) is 0 Å². The van der Waals surface area contributed by atoms with Crippen molar-refractivity contribution in [2.75, 3.05) is 11.4 Å². The molecule has 1 saturated heterocycles. The smallest absolute Gasteiger partial charge is 0.173 e. The minimum atomic E-state index is 0.114. The van der Waals surface area contributed by atoms with Crippen molar-refractivity contribution in [2.45, 2.75) is 32.7 Å². The summed E-state index contributed by atoms with van der Waals surface area (Å²) in [6, 6.07) is 4.07. The number of aromatic nitrogens is 1. The van der Waals surface area contributed by atoms with Crippen LogP contribution >= 0.6 is 0 Å². The van der Waals surface area contributed by atoms with Crippen molar-refractivity contribution in [3.63, 3.8) is 0 Å². The van der Waals surface area contributed by atoms with Crippen molar-refractivity contribution < 1.29 is 5.21 Å². The molecule has 0 aromatic carbocycles. The molecule has 18 heavy (non-hydrogen) atoms. The topological polar surface area (TPSA) is 74.7 Å². The van der Waals surface area contributed by atoms with Gasteiger partial charge in [-0.2, -0.15) is 0 Å². The zero-order valence-corrected chi connectivity index (χ0v) is 10.9. The Kier molecular flexibility index (Phi) is 3.69. The zero-order valence-electron chi connectivity index (χ0n) is 10.9. The fourth-order valence-corrected chi connectivity index (χ4v) is 2.46. The molecule has 1 aliphatic heterocycles. The lowest BCUT2D eigenvalue weighted by atomic mass is 9.94. The van der Waals surface area contributed by atoms with Gasteiger partial charge in [-0.15, -0.1) is 0 Å². The fourth-order valence-electron chi connectivity index (χ4n) is 2.46. The summed E-state index contributed by atoms with van der Waals surface area (Å²) in [5.41, 5.74) is 6.41. The summed E-state index contributed by atoms with van der Waals surface area (Å²) in [5, 5.41) is 11.9. The Morgan fingerprint density at radius 1 is 1.50 bits per heavy atom. The van der Waals surface area contributed by atoms with Gasteiger partial charge in [-0.05, 0) is 37.8 Å². The summed E-state index contributed by atoms with van der Waals surface area (Å²) in [6.45, 7) is 5.39. The number of pyridine rings is 1. The fraction of sp³-hybridized carbons (Fsp3) is 0.538. The van der Waals surface area contributed by atoms with Crippen LogP contribution in [0, 0.1) is 5.92 Å². The molecule has 0 bridgehead atoms. The predicted molar refractivity (Wildman–Crippen MR) is 72.0 cm³/mol. The van der Waals surface area contributed by atoms with E-state index in [0.29, 0.717) is 17.5 Å². The highest BCUT2D eigenvalue weighted by Crippen LogP contribution is 2.28.